The molecular weight excluding hydrogens is 245 g/mol. The van der Waals surface area contributed by atoms with Gasteiger partial charge in [0.05, 0.1) is 0 Å². The van der Waals surface area contributed by atoms with E-state index in [1.807, 2.05) is 6.07 Å². The second kappa shape index (κ2) is 5.00. The number of halogens is 1. The molecule has 19 heavy (non-hydrogen) atoms. The number of ether oxygens (including phenoxy) is 2. The van der Waals surface area contributed by atoms with Gasteiger partial charge in [0.15, 0.2) is 11.5 Å². The summed E-state index contributed by atoms with van der Waals surface area (Å²) in [6, 6.07) is 3.74. The minimum atomic E-state index is -0.478. The smallest absolute Gasteiger partial charge is 0.231 e. The van der Waals surface area contributed by atoms with Crippen molar-refractivity contribution in [1.29, 1.82) is 0 Å². The van der Waals surface area contributed by atoms with Gasteiger partial charge in [0, 0.05) is 12.0 Å². The maximum atomic E-state index is 13.4. The molecule has 1 aliphatic heterocycles. The Morgan fingerprint density at radius 2 is 1.79 bits per heavy atom. The van der Waals surface area contributed by atoms with Gasteiger partial charge in [0.25, 0.3) is 0 Å². The van der Waals surface area contributed by atoms with Crippen LogP contribution < -0.4 is 15.2 Å². The van der Waals surface area contributed by atoms with E-state index in [0.717, 1.165) is 37.0 Å². The molecule has 3 nitrogen and oxygen atoms in total. The molecule has 104 valence electrons. The predicted molar refractivity (Wildman–Crippen MR) is 71.2 cm³/mol. The fraction of sp³-hybridized carbons (Fsp3) is 0.600. The molecule has 0 atom stereocenters. The van der Waals surface area contributed by atoms with Crippen LogP contribution >= 0.6 is 0 Å². The first-order valence-corrected chi connectivity index (χ1v) is 6.98. The van der Waals surface area contributed by atoms with E-state index in [-0.39, 0.29) is 12.2 Å². The second-order valence-corrected chi connectivity index (χ2v) is 5.54. The van der Waals surface area contributed by atoms with Crippen molar-refractivity contribution in [3.63, 3.8) is 0 Å². The van der Waals surface area contributed by atoms with E-state index in [1.165, 1.54) is 6.42 Å². The van der Waals surface area contributed by atoms with Gasteiger partial charge in [0.1, 0.15) is 6.67 Å². The van der Waals surface area contributed by atoms with E-state index in [9.17, 15) is 4.39 Å². The fourth-order valence-electron chi connectivity index (χ4n) is 3.40. The Balaban J connectivity index is 2.07. The predicted octanol–water partition coefficient (Wildman–Crippen LogP) is 3.05. The molecule has 0 amide bonds. The van der Waals surface area contributed by atoms with Crippen LogP contribution in [0.3, 0.4) is 0 Å². The summed E-state index contributed by atoms with van der Waals surface area (Å²) in [4.78, 5) is 0. The van der Waals surface area contributed by atoms with Crippen LogP contribution in [0.1, 0.15) is 43.2 Å². The molecule has 0 aromatic heterocycles. The molecule has 0 saturated heterocycles. The fourth-order valence-corrected chi connectivity index (χ4v) is 3.40. The molecule has 0 radical (unpaired) electrons. The summed E-state index contributed by atoms with van der Waals surface area (Å²) >= 11 is 0. The summed E-state index contributed by atoms with van der Waals surface area (Å²) in [6.07, 6.45) is 5.65. The molecule has 1 aliphatic carbocycles. The normalized spacial score (nSPS) is 20.5. The Bertz CT molecular complexity index is 469. The Morgan fingerprint density at radius 1 is 1.11 bits per heavy atom. The molecule has 2 aliphatic rings. The molecule has 0 unspecified atom stereocenters. The molecule has 2 N–H and O–H groups in total. The second-order valence-electron chi connectivity index (χ2n) is 5.54. The summed E-state index contributed by atoms with van der Waals surface area (Å²) in [5.41, 5.74) is 7.70. The van der Waals surface area contributed by atoms with Crippen molar-refractivity contribution < 1.29 is 13.9 Å². The molecule has 0 spiro atoms. The van der Waals surface area contributed by atoms with Crippen LogP contribution in [0.5, 0.6) is 11.5 Å². The monoisotopic (exact) mass is 265 g/mol. The third kappa shape index (κ3) is 2.08. The summed E-state index contributed by atoms with van der Waals surface area (Å²) < 4.78 is 24.1. The molecule has 1 fully saturated rings. The SMILES string of the molecule is NCC1(c2cc3c(cc2CF)OCO3)CCCCC1. The van der Waals surface area contributed by atoms with Crippen LogP contribution in [0.15, 0.2) is 12.1 Å². The van der Waals surface area contributed by atoms with Crippen molar-refractivity contribution in [1.82, 2.24) is 0 Å². The van der Waals surface area contributed by atoms with Crippen LogP contribution in [0.2, 0.25) is 0 Å². The largest absolute Gasteiger partial charge is 0.454 e. The highest BCUT2D eigenvalue weighted by molar-refractivity contribution is 5.51. The van der Waals surface area contributed by atoms with E-state index in [0.29, 0.717) is 17.9 Å². The van der Waals surface area contributed by atoms with Crippen LogP contribution in [0.25, 0.3) is 0 Å². The quantitative estimate of drug-likeness (QED) is 0.913. The van der Waals surface area contributed by atoms with Gasteiger partial charge >= 0.3 is 0 Å². The van der Waals surface area contributed by atoms with Crippen LogP contribution in [0.4, 0.5) is 4.39 Å². The average Bonchev–Trinajstić information content (AvgIpc) is 2.93. The molecule has 1 heterocycles. The minimum Gasteiger partial charge on any atom is -0.454 e. The van der Waals surface area contributed by atoms with Crippen molar-refractivity contribution >= 4 is 0 Å². The van der Waals surface area contributed by atoms with Crippen LogP contribution in [0, 0.1) is 0 Å². The lowest BCUT2D eigenvalue weighted by Crippen LogP contribution is -2.38. The van der Waals surface area contributed by atoms with Crippen molar-refractivity contribution in [2.24, 2.45) is 5.73 Å². The first-order chi connectivity index (χ1) is 9.29. The molecule has 1 saturated carbocycles. The maximum Gasteiger partial charge on any atom is 0.231 e. The van der Waals surface area contributed by atoms with Crippen LogP contribution in [-0.2, 0) is 12.1 Å². The Morgan fingerprint density at radius 3 is 2.42 bits per heavy atom. The van der Waals surface area contributed by atoms with Gasteiger partial charge in [-0.15, -0.1) is 0 Å². The summed E-state index contributed by atoms with van der Waals surface area (Å²) in [5, 5.41) is 0. The number of nitrogens with two attached hydrogens (primary N) is 1. The van der Waals surface area contributed by atoms with E-state index in [4.69, 9.17) is 15.2 Å². The number of hydrogen-bond donors (Lipinski definition) is 1. The van der Waals surface area contributed by atoms with Gasteiger partial charge in [-0.2, -0.15) is 0 Å². The van der Waals surface area contributed by atoms with Crippen molar-refractivity contribution in [2.45, 2.75) is 44.2 Å². The van der Waals surface area contributed by atoms with E-state index < -0.39 is 6.67 Å². The van der Waals surface area contributed by atoms with E-state index in [2.05, 4.69) is 0 Å². The number of rotatable bonds is 3. The van der Waals surface area contributed by atoms with Gasteiger partial charge in [-0.3, -0.25) is 0 Å². The molecule has 1 aromatic carbocycles. The zero-order valence-corrected chi connectivity index (χ0v) is 11.1. The number of benzene rings is 1. The van der Waals surface area contributed by atoms with Gasteiger partial charge < -0.3 is 15.2 Å². The first kappa shape index (κ1) is 12.7. The highest BCUT2D eigenvalue weighted by Crippen LogP contribution is 2.45. The van der Waals surface area contributed by atoms with Crippen molar-refractivity contribution in [3.05, 3.63) is 23.3 Å². The molecule has 4 heteroatoms. The third-order valence-electron chi connectivity index (χ3n) is 4.52. The molecular formula is C15H20FNO2. The van der Waals surface area contributed by atoms with Gasteiger partial charge in [-0.1, -0.05) is 19.3 Å². The average molecular weight is 265 g/mol. The Kier molecular flexibility index (Phi) is 3.35. The lowest BCUT2D eigenvalue weighted by atomic mass is 9.68. The lowest BCUT2D eigenvalue weighted by Gasteiger charge is -2.38. The Labute approximate surface area is 112 Å². The number of fused-ring (bicyclic) bond motifs is 1. The Hall–Kier alpha value is -1.29. The standard InChI is InChI=1S/C15H20FNO2/c16-8-11-6-13-14(19-10-18-13)7-12(11)15(9-17)4-2-1-3-5-15/h6-7H,1-5,8-10,17H2. The summed E-state index contributed by atoms with van der Waals surface area (Å²) in [6.45, 7) is 0.313. The summed E-state index contributed by atoms with van der Waals surface area (Å²) in [5.74, 6) is 1.38. The third-order valence-corrected chi connectivity index (χ3v) is 4.52. The van der Waals surface area contributed by atoms with Crippen molar-refractivity contribution in [3.8, 4) is 11.5 Å². The minimum absolute atomic E-state index is 0.0827. The maximum absolute atomic E-state index is 13.4. The highest BCUT2D eigenvalue weighted by Gasteiger charge is 2.35. The zero-order valence-electron chi connectivity index (χ0n) is 11.1. The van der Waals surface area contributed by atoms with Crippen LogP contribution in [-0.4, -0.2) is 13.3 Å². The van der Waals surface area contributed by atoms with Gasteiger partial charge in [-0.05, 0) is 36.1 Å². The first-order valence-electron chi connectivity index (χ1n) is 6.98. The zero-order chi connectivity index (χ0) is 13.3. The van der Waals surface area contributed by atoms with Crippen molar-refractivity contribution in [2.75, 3.05) is 13.3 Å². The molecule has 3 rings (SSSR count). The molecule has 0 bridgehead atoms. The molecule has 1 aromatic rings. The van der Waals surface area contributed by atoms with E-state index >= 15 is 0 Å². The van der Waals surface area contributed by atoms with E-state index in [1.54, 1.807) is 6.07 Å². The van der Waals surface area contributed by atoms with Gasteiger partial charge in [-0.25, -0.2) is 4.39 Å². The number of alkyl halides is 1. The highest BCUT2D eigenvalue weighted by atomic mass is 19.1. The topological polar surface area (TPSA) is 44.5 Å². The number of hydrogen-bond acceptors (Lipinski definition) is 3. The van der Waals surface area contributed by atoms with Gasteiger partial charge in [0.2, 0.25) is 6.79 Å². The summed E-state index contributed by atoms with van der Waals surface area (Å²) in [7, 11) is 0. The lowest BCUT2D eigenvalue weighted by molar-refractivity contribution is 0.173.